The molecule has 13 heteroatoms. The Kier molecular flexibility index (Phi) is 10.3. The summed E-state index contributed by atoms with van der Waals surface area (Å²) in [4.78, 5) is 3.16. The van der Waals surface area contributed by atoms with Crippen molar-refractivity contribution in [2.45, 2.75) is 0 Å². The number of azo groups is 2. The molecule has 0 fully saturated rings. The van der Waals surface area contributed by atoms with Crippen LogP contribution in [0.2, 0.25) is 0 Å². The van der Waals surface area contributed by atoms with Gasteiger partial charge in [0.2, 0.25) is 0 Å². The Hall–Kier alpha value is -5.63. The van der Waals surface area contributed by atoms with Crippen molar-refractivity contribution in [3.8, 4) is 40.6 Å². The zero-order valence-electron chi connectivity index (χ0n) is 19.6. The number of nitriles is 1. The number of rotatable bonds is 4. The molecule has 0 aromatic heterocycles. The predicted octanol–water partition coefficient (Wildman–Crippen LogP) is 6.86. The molecule has 0 saturated heterocycles. The Morgan fingerprint density at radius 3 is 1.31 bits per heavy atom. The average molecular weight is 569 g/mol. The first-order valence-electron chi connectivity index (χ1n) is 10.5. The van der Waals surface area contributed by atoms with Gasteiger partial charge in [0.05, 0.1) is 18.2 Å². The number of hydrogen-bond donors (Lipinski definition) is 6. The minimum atomic E-state index is -0.225. The van der Waals surface area contributed by atoms with E-state index in [0.717, 1.165) is 12.1 Å². The first-order valence-corrected chi connectivity index (χ1v) is 10.5. The van der Waals surface area contributed by atoms with Crippen LogP contribution in [0.1, 0.15) is 5.56 Å². The monoisotopic (exact) mass is 569 g/mol. The van der Waals surface area contributed by atoms with Crippen LogP contribution in [0.4, 0.5) is 28.4 Å². The van der Waals surface area contributed by atoms with Gasteiger partial charge in [0.15, 0.2) is 5.69 Å². The van der Waals surface area contributed by atoms with Gasteiger partial charge in [0.1, 0.15) is 57.2 Å². The fraction of sp³-hybridized carbons (Fsp3) is 0. The van der Waals surface area contributed by atoms with Crippen molar-refractivity contribution in [3.05, 3.63) is 89.8 Å². The van der Waals surface area contributed by atoms with Gasteiger partial charge in [0.25, 0.3) is 0 Å². The second-order valence-corrected chi connectivity index (χ2v) is 7.35. The Bertz CT molecular complexity index is 1510. The summed E-state index contributed by atoms with van der Waals surface area (Å²) in [6.45, 7) is 6.80. The van der Waals surface area contributed by atoms with Crippen molar-refractivity contribution in [1.82, 2.24) is 0 Å². The maximum Gasteiger partial charge on any atom is 0.191 e. The van der Waals surface area contributed by atoms with Crippen molar-refractivity contribution in [3.63, 3.8) is 0 Å². The van der Waals surface area contributed by atoms with Gasteiger partial charge in [-0.25, -0.2) is 4.85 Å². The van der Waals surface area contributed by atoms with Gasteiger partial charge in [-0.1, -0.05) is 6.07 Å². The number of benzene rings is 4. The van der Waals surface area contributed by atoms with Crippen molar-refractivity contribution in [2.24, 2.45) is 20.5 Å². The van der Waals surface area contributed by atoms with Crippen LogP contribution in [0.3, 0.4) is 0 Å². The molecule has 0 spiro atoms. The SMILES string of the molecule is N#Cc1ccc(N=Nc2ccc(O)cc2O)c(O)c1.[C-]#[N+]c1ccc(N=Nc2ccc(O)cc2O)c(O)c1.[Co]. The van der Waals surface area contributed by atoms with E-state index in [1.807, 2.05) is 6.07 Å². The second-order valence-electron chi connectivity index (χ2n) is 7.35. The van der Waals surface area contributed by atoms with Gasteiger partial charge in [-0.2, -0.15) is 5.26 Å². The molecule has 0 aliphatic carbocycles. The van der Waals surface area contributed by atoms with Gasteiger partial charge in [-0.15, -0.1) is 20.5 Å². The summed E-state index contributed by atoms with van der Waals surface area (Å²) < 4.78 is 0. The Morgan fingerprint density at radius 2 is 0.949 bits per heavy atom. The molecule has 0 aliphatic rings. The van der Waals surface area contributed by atoms with Gasteiger partial charge in [-0.3, -0.25) is 0 Å². The number of phenolic OH excluding ortho intramolecular Hbond substituents is 6. The molecule has 0 atom stereocenters. The van der Waals surface area contributed by atoms with Gasteiger partial charge >= 0.3 is 0 Å². The molecule has 6 N–H and O–H groups in total. The summed E-state index contributed by atoms with van der Waals surface area (Å²) >= 11 is 0. The molecular formula is C26H18CoN6O6. The molecule has 4 aromatic rings. The average Bonchev–Trinajstić information content (AvgIpc) is 2.89. The fourth-order valence-corrected chi connectivity index (χ4v) is 2.75. The zero-order chi connectivity index (χ0) is 27.7. The summed E-state index contributed by atoms with van der Waals surface area (Å²) in [6, 6.07) is 18.1. The summed E-state index contributed by atoms with van der Waals surface area (Å²) in [6.07, 6.45) is 0. The fourth-order valence-electron chi connectivity index (χ4n) is 2.75. The maximum atomic E-state index is 9.61. The summed E-state index contributed by atoms with van der Waals surface area (Å²) in [5.41, 5.74) is 1.27. The molecular weight excluding hydrogens is 551 g/mol. The normalized spacial score (nSPS) is 10.2. The van der Waals surface area contributed by atoms with Crippen LogP contribution >= 0.6 is 0 Å². The van der Waals surface area contributed by atoms with Crippen molar-refractivity contribution >= 4 is 28.4 Å². The van der Waals surface area contributed by atoms with E-state index in [9.17, 15) is 20.4 Å². The molecule has 4 rings (SSSR count). The van der Waals surface area contributed by atoms with Gasteiger partial charge in [0, 0.05) is 28.9 Å². The Balaban J connectivity index is 0.000000267. The van der Waals surface area contributed by atoms with Gasteiger partial charge < -0.3 is 30.6 Å². The Morgan fingerprint density at radius 1 is 0.564 bits per heavy atom. The topological polar surface area (TPSA) is 199 Å². The van der Waals surface area contributed by atoms with E-state index in [0.29, 0.717) is 11.3 Å². The Labute approximate surface area is 231 Å². The third-order valence-corrected chi connectivity index (χ3v) is 4.64. The predicted molar refractivity (Wildman–Crippen MR) is 135 cm³/mol. The molecule has 4 aromatic carbocycles. The summed E-state index contributed by atoms with van der Waals surface area (Å²) in [7, 11) is 0. The third-order valence-electron chi connectivity index (χ3n) is 4.64. The minimum Gasteiger partial charge on any atom is -0.508 e. The van der Waals surface area contributed by atoms with E-state index < -0.39 is 0 Å². The molecule has 0 bridgehead atoms. The van der Waals surface area contributed by atoms with E-state index in [4.69, 9.17) is 22.0 Å². The third kappa shape index (κ3) is 8.19. The van der Waals surface area contributed by atoms with Crippen LogP contribution in [0, 0.1) is 17.9 Å². The molecule has 39 heavy (non-hydrogen) atoms. The number of hydrogen-bond acceptors (Lipinski definition) is 11. The maximum absolute atomic E-state index is 9.61. The molecule has 197 valence electrons. The van der Waals surface area contributed by atoms with E-state index in [1.54, 1.807) is 0 Å². The number of nitrogens with zero attached hydrogens (tertiary/aromatic N) is 6. The molecule has 0 unspecified atom stereocenters. The standard InChI is InChI=1S/2C13H9N3O3.Co/c1-14-8-2-4-10(12(18)6-8)15-16-11-5-3-9(17)7-13(11)19;14-7-8-1-3-10(12(18)5-8)15-16-11-4-2-9(17)6-13(11)19;/h2-7,17-19H;1-6,17-19H;. The van der Waals surface area contributed by atoms with E-state index in [-0.39, 0.29) is 74.0 Å². The van der Waals surface area contributed by atoms with Crippen LogP contribution in [-0.4, -0.2) is 30.6 Å². The van der Waals surface area contributed by atoms with Crippen LogP contribution in [-0.2, 0) is 16.8 Å². The van der Waals surface area contributed by atoms with Crippen LogP contribution in [0.5, 0.6) is 34.5 Å². The van der Waals surface area contributed by atoms with Crippen LogP contribution < -0.4 is 0 Å². The zero-order valence-corrected chi connectivity index (χ0v) is 20.7. The van der Waals surface area contributed by atoms with Crippen LogP contribution in [0.25, 0.3) is 4.85 Å². The molecule has 0 amide bonds. The number of aromatic hydroxyl groups is 6. The van der Waals surface area contributed by atoms with Crippen molar-refractivity contribution in [1.29, 1.82) is 5.26 Å². The second kappa shape index (κ2) is 13.6. The number of phenols is 6. The van der Waals surface area contributed by atoms with Gasteiger partial charge in [-0.05, 0) is 54.6 Å². The molecule has 1 radical (unpaired) electrons. The van der Waals surface area contributed by atoms with E-state index >= 15 is 0 Å². The van der Waals surface area contributed by atoms with Crippen molar-refractivity contribution in [2.75, 3.05) is 0 Å². The van der Waals surface area contributed by atoms with E-state index in [2.05, 4.69) is 25.3 Å². The minimum absolute atomic E-state index is 0. The smallest absolute Gasteiger partial charge is 0.191 e. The van der Waals surface area contributed by atoms with E-state index in [1.165, 1.54) is 60.7 Å². The molecule has 0 saturated carbocycles. The molecule has 0 aliphatic heterocycles. The molecule has 12 nitrogen and oxygen atoms in total. The quantitative estimate of drug-likeness (QED) is 0.114. The summed E-state index contributed by atoms with van der Waals surface area (Å²) in [5.74, 6) is -0.965. The summed E-state index contributed by atoms with van der Waals surface area (Å²) in [5, 5.41) is 80.2. The first-order chi connectivity index (χ1) is 18.2. The largest absolute Gasteiger partial charge is 0.508 e. The first kappa shape index (κ1) is 29.6. The van der Waals surface area contributed by atoms with Crippen molar-refractivity contribution < 1.29 is 47.4 Å². The van der Waals surface area contributed by atoms with Crippen LogP contribution in [0.15, 0.2) is 93.3 Å². The molecule has 0 heterocycles.